The zero-order valence-electron chi connectivity index (χ0n) is 35.6. The van der Waals surface area contributed by atoms with Crippen LogP contribution in [0.4, 0.5) is 11.4 Å². The molecule has 65 heavy (non-hydrogen) atoms. The van der Waals surface area contributed by atoms with Crippen molar-refractivity contribution >= 4 is 91.8 Å². The fourth-order valence-electron chi connectivity index (χ4n) is 10.4. The Bertz CT molecular complexity index is 3870. The van der Waals surface area contributed by atoms with Crippen LogP contribution in [-0.4, -0.2) is 10.6 Å². The van der Waals surface area contributed by atoms with Crippen LogP contribution in [0.5, 0.6) is 0 Å². The number of fused-ring (bicyclic) bond motifs is 9. The maximum absolute atomic E-state index is 2.53. The predicted molar refractivity (Wildman–Crippen MR) is 280 cm³/mol. The fourth-order valence-corrected chi connectivity index (χ4v) is 11.5. The molecular weight excluding hydrogens is 805 g/mol. The van der Waals surface area contributed by atoms with Gasteiger partial charge in [-0.05, 0) is 122 Å². The first kappa shape index (κ1) is 37.6. The van der Waals surface area contributed by atoms with Gasteiger partial charge in [-0.1, -0.05) is 176 Å². The molecule has 0 radical (unpaired) electrons. The van der Waals surface area contributed by atoms with E-state index in [0.717, 1.165) is 17.8 Å². The quantitative estimate of drug-likeness (QED) is 0.145. The number of allylic oxidation sites excluding steroid dienone is 2. The van der Waals surface area contributed by atoms with E-state index in [1.54, 1.807) is 0 Å². The Morgan fingerprint density at radius 1 is 0.431 bits per heavy atom. The van der Waals surface area contributed by atoms with E-state index in [-0.39, 0.29) is 6.04 Å². The third-order valence-electron chi connectivity index (χ3n) is 13.5. The van der Waals surface area contributed by atoms with Crippen LogP contribution >= 0.6 is 11.3 Å². The van der Waals surface area contributed by atoms with Crippen LogP contribution in [0, 0.1) is 0 Å². The summed E-state index contributed by atoms with van der Waals surface area (Å²) < 4.78 is 5.08. The van der Waals surface area contributed by atoms with Crippen LogP contribution in [0.15, 0.2) is 237 Å². The van der Waals surface area contributed by atoms with Crippen molar-refractivity contribution in [3.63, 3.8) is 0 Å². The van der Waals surface area contributed by atoms with E-state index >= 15 is 0 Å². The van der Waals surface area contributed by atoms with Crippen LogP contribution < -0.4 is 4.90 Å². The highest BCUT2D eigenvalue weighted by Crippen LogP contribution is 2.43. The van der Waals surface area contributed by atoms with Crippen molar-refractivity contribution in [3.05, 3.63) is 242 Å². The smallest absolute Gasteiger partial charge is 0.0560 e. The molecule has 2 heterocycles. The number of nitrogens with zero attached hydrogens (tertiary/aromatic N) is 2. The molecule has 12 aromatic rings. The molecule has 1 unspecified atom stereocenters. The van der Waals surface area contributed by atoms with E-state index in [9.17, 15) is 0 Å². The lowest BCUT2D eigenvalue weighted by atomic mass is 9.92. The molecule has 13 rings (SSSR count). The minimum Gasteiger partial charge on any atom is -0.334 e. The van der Waals surface area contributed by atoms with Gasteiger partial charge >= 0.3 is 0 Å². The van der Waals surface area contributed by atoms with Crippen molar-refractivity contribution in [1.82, 2.24) is 4.57 Å². The van der Waals surface area contributed by atoms with Gasteiger partial charge < -0.3 is 9.47 Å². The maximum Gasteiger partial charge on any atom is 0.0560 e. The van der Waals surface area contributed by atoms with Crippen LogP contribution in [0.2, 0.25) is 0 Å². The summed E-state index contributed by atoms with van der Waals surface area (Å²) in [5, 5.41) is 10.3. The summed E-state index contributed by atoms with van der Waals surface area (Å²) in [6.07, 6.45) is 8.03. The van der Waals surface area contributed by atoms with Gasteiger partial charge in [0, 0.05) is 48.0 Å². The first-order valence-electron chi connectivity index (χ1n) is 22.5. The largest absolute Gasteiger partial charge is 0.334 e. The monoisotopic (exact) mass is 846 g/mol. The van der Waals surface area contributed by atoms with Crippen molar-refractivity contribution in [2.75, 3.05) is 4.90 Å². The lowest BCUT2D eigenvalue weighted by molar-refractivity contribution is 0.787. The molecule has 10 aromatic carbocycles. The lowest BCUT2D eigenvalue weighted by Gasteiger charge is -2.34. The zero-order chi connectivity index (χ0) is 42.8. The van der Waals surface area contributed by atoms with Crippen LogP contribution in [0.25, 0.3) is 97.0 Å². The number of hydrogen-bond acceptors (Lipinski definition) is 2. The van der Waals surface area contributed by atoms with Gasteiger partial charge in [-0.25, -0.2) is 0 Å². The first-order valence-corrected chi connectivity index (χ1v) is 23.3. The van der Waals surface area contributed by atoms with Gasteiger partial charge in [-0.15, -0.1) is 11.3 Å². The van der Waals surface area contributed by atoms with Crippen LogP contribution in [0.3, 0.4) is 0 Å². The summed E-state index contributed by atoms with van der Waals surface area (Å²) in [5.41, 5.74) is 13.3. The molecule has 1 aliphatic rings. The minimum absolute atomic E-state index is 0.113. The average molecular weight is 847 g/mol. The van der Waals surface area contributed by atoms with Crippen LogP contribution in [0.1, 0.15) is 12.0 Å². The second-order valence-corrected chi connectivity index (χ2v) is 18.3. The summed E-state index contributed by atoms with van der Waals surface area (Å²) in [4.78, 5) is 2.53. The number of aromatic nitrogens is 1. The summed E-state index contributed by atoms with van der Waals surface area (Å²) >= 11 is 1.87. The number of rotatable bonds is 7. The minimum atomic E-state index is 0.113. The summed E-state index contributed by atoms with van der Waals surface area (Å²) in [5.74, 6) is 0. The van der Waals surface area contributed by atoms with Gasteiger partial charge in [0.15, 0.2) is 0 Å². The molecule has 2 aromatic heterocycles. The highest BCUT2D eigenvalue weighted by molar-refractivity contribution is 7.25. The molecule has 0 saturated heterocycles. The van der Waals surface area contributed by atoms with E-state index in [0.29, 0.717) is 0 Å². The second kappa shape index (κ2) is 15.4. The van der Waals surface area contributed by atoms with Gasteiger partial charge in [-0.2, -0.15) is 0 Å². The van der Waals surface area contributed by atoms with E-state index in [2.05, 4.69) is 246 Å². The van der Waals surface area contributed by atoms with Crippen LogP contribution in [-0.2, 0) is 0 Å². The molecule has 0 bridgehead atoms. The molecule has 2 nitrogen and oxygen atoms in total. The highest BCUT2D eigenvalue weighted by Gasteiger charge is 2.23. The molecule has 0 amide bonds. The number of anilines is 2. The lowest BCUT2D eigenvalue weighted by Crippen LogP contribution is -2.30. The summed E-state index contributed by atoms with van der Waals surface area (Å²) in [6, 6.07) is 80.6. The third-order valence-corrected chi connectivity index (χ3v) is 14.6. The molecule has 0 saturated carbocycles. The Balaban J connectivity index is 0.904. The van der Waals surface area contributed by atoms with Gasteiger partial charge in [0.05, 0.1) is 17.1 Å². The maximum atomic E-state index is 2.53. The molecular formula is C62H42N2S. The van der Waals surface area contributed by atoms with Gasteiger partial charge in [0.1, 0.15) is 0 Å². The molecule has 0 aliphatic heterocycles. The number of thiophene rings is 1. The number of hydrogen-bond donors (Lipinski definition) is 0. The molecule has 306 valence electrons. The zero-order valence-corrected chi connectivity index (χ0v) is 36.4. The first-order chi connectivity index (χ1) is 32.2. The molecule has 1 atom stereocenters. The molecule has 0 N–H and O–H groups in total. The number of benzene rings is 10. The Morgan fingerprint density at radius 2 is 1.11 bits per heavy atom. The Hall–Kier alpha value is -7.98. The average Bonchev–Trinajstić information content (AvgIpc) is 3.92. The highest BCUT2D eigenvalue weighted by atomic mass is 32.1. The fraction of sp³-hybridized carbons (Fsp3) is 0.0323. The van der Waals surface area contributed by atoms with Gasteiger partial charge in [0.2, 0.25) is 0 Å². The van der Waals surface area contributed by atoms with Gasteiger partial charge in [0.25, 0.3) is 0 Å². The molecule has 0 spiro atoms. The van der Waals surface area contributed by atoms with E-state index in [4.69, 9.17) is 0 Å². The van der Waals surface area contributed by atoms with Gasteiger partial charge in [-0.3, -0.25) is 0 Å². The Labute approximate surface area is 381 Å². The standard InChI is InChI=1S/C62H42N2S/c1-2-12-41(13-3-1)42-26-31-48(32-27-42)63(49-33-28-43(29-34-49)45-30-36-53-47(38-45)25-24-44-14-4-5-17-52(44)53)50-16-10-15-46(39-50)54-20-11-22-59-62(54)57-19-6-8-21-58(57)64(59)51-35-37-56-55-18-7-9-23-60(55)65-61(56)40-51/h1-33,35-40,49H,34H2. The van der Waals surface area contributed by atoms with E-state index in [1.807, 2.05) is 11.3 Å². The third kappa shape index (κ3) is 6.38. The normalized spacial score (nSPS) is 14.0. The summed E-state index contributed by atoms with van der Waals surface area (Å²) in [6.45, 7) is 0. The molecule has 3 heteroatoms. The predicted octanol–water partition coefficient (Wildman–Crippen LogP) is 17.3. The topological polar surface area (TPSA) is 8.17 Å². The molecule has 0 fully saturated rings. The SMILES string of the molecule is C1=CC(N(c2ccc(-c3ccccc3)cc2)c2cccc(-c3cccc4c3c3ccccc3n4-c3ccc4c(c3)sc3ccccc34)c2)CC=C1c1ccc2c(ccc3ccccc32)c1. The van der Waals surface area contributed by atoms with Crippen molar-refractivity contribution < 1.29 is 0 Å². The van der Waals surface area contributed by atoms with E-state index in [1.165, 1.54) is 103 Å². The van der Waals surface area contributed by atoms with Crippen molar-refractivity contribution in [2.45, 2.75) is 12.5 Å². The van der Waals surface area contributed by atoms with Crippen molar-refractivity contribution in [3.8, 4) is 27.9 Å². The van der Waals surface area contributed by atoms with Crippen molar-refractivity contribution in [1.29, 1.82) is 0 Å². The molecule has 1 aliphatic carbocycles. The summed E-state index contributed by atoms with van der Waals surface area (Å²) in [7, 11) is 0. The second-order valence-electron chi connectivity index (χ2n) is 17.2. The number of para-hydroxylation sites is 1. The van der Waals surface area contributed by atoms with Crippen molar-refractivity contribution in [2.24, 2.45) is 0 Å². The Kier molecular flexibility index (Phi) is 8.89. The van der Waals surface area contributed by atoms with E-state index < -0.39 is 0 Å². The Morgan fingerprint density at radius 3 is 1.98 bits per heavy atom.